The van der Waals surface area contributed by atoms with Gasteiger partial charge in [-0.15, -0.1) is 0 Å². The van der Waals surface area contributed by atoms with Gasteiger partial charge in [-0.3, -0.25) is 4.79 Å². The Hall–Kier alpha value is -1.96. The molecule has 1 atom stereocenters. The minimum absolute atomic E-state index is 0.0446. The molecule has 1 saturated heterocycles. The zero-order valence-corrected chi connectivity index (χ0v) is 16.0. The molecule has 1 unspecified atom stereocenters. The summed E-state index contributed by atoms with van der Waals surface area (Å²) in [5.41, 5.74) is 0.546. The Kier molecular flexibility index (Phi) is 6.14. The number of carbonyl (C=O) groups excluding carboxylic acids is 1. The molecule has 0 radical (unpaired) electrons. The van der Waals surface area contributed by atoms with Gasteiger partial charge < -0.3 is 4.74 Å². The van der Waals surface area contributed by atoms with Crippen LogP contribution in [0.2, 0.25) is 5.02 Å². The standard InChI is InChI=1S/C19H19ClFNO4S/c20-16-6-8-18(9-7-16)27(24,25)22-10-2-4-15(12-22)19(23)26-13-14-3-1-5-17(21)11-14/h1,3,5-9,11,15H,2,4,10,12-13H2. The molecular formula is C19H19ClFNO4S. The molecule has 3 rings (SSSR count). The van der Waals surface area contributed by atoms with Gasteiger partial charge in [-0.25, -0.2) is 12.8 Å². The molecule has 0 aromatic heterocycles. The molecule has 2 aromatic rings. The number of esters is 1. The van der Waals surface area contributed by atoms with Gasteiger partial charge in [-0.2, -0.15) is 4.31 Å². The van der Waals surface area contributed by atoms with E-state index >= 15 is 0 Å². The van der Waals surface area contributed by atoms with Gasteiger partial charge in [0.15, 0.2) is 0 Å². The maximum atomic E-state index is 13.2. The Morgan fingerprint density at radius 2 is 1.96 bits per heavy atom. The Morgan fingerprint density at radius 1 is 1.22 bits per heavy atom. The highest BCUT2D eigenvalue weighted by Crippen LogP contribution is 2.25. The van der Waals surface area contributed by atoms with E-state index in [1.165, 1.54) is 40.7 Å². The largest absolute Gasteiger partial charge is 0.461 e. The minimum atomic E-state index is -3.70. The van der Waals surface area contributed by atoms with Crippen LogP contribution in [0.25, 0.3) is 0 Å². The molecule has 1 aliphatic heterocycles. The van der Waals surface area contributed by atoms with Crippen LogP contribution in [-0.2, 0) is 26.2 Å². The number of sulfonamides is 1. The first-order valence-electron chi connectivity index (χ1n) is 8.53. The molecular weight excluding hydrogens is 393 g/mol. The number of halogens is 2. The summed E-state index contributed by atoms with van der Waals surface area (Å²) >= 11 is 5.81. The van der Waals surface area contributed by atoms with Crippen LogP contribution >= 0.6 is 11.6 Å². The minimum Gasteiger partial charge on any atom is -0.461 e. The fourth-order valence-electron chi connectivity index (χ4n) is 3.01. The zero-order valence-electron chi connectivity index (χ0n) is 14.5. The number of ether oxygens (including phenoxy) is 1. The Morgan fingerprint density at radius 3 is 2.67 bits per heavy atom. The number of nitrogens with zero attached hydrogens (tertiary/aromatic N) is 1. The molecule has 8 heteroatoms. The van der Waals surface area contributed by atoms with Crippen molar-refractivity contribution >= 4 is 27.6 Å². The number of benzene rings is 2. The first-order chi connectivity index (χ1) is 12.9. The quantitative estimate of drug-likeness (QED) is 0.705. The van der Waals surface area contributed by atoms with Crippen LogP contribution in [0.3, 0.4) is 0 Å². The second-order valence-electron chi connectivity index (χ2n) is 6.39. The average Bonchev–Trinajstić information content (AvgIpc) is 2.66. The van der Waals surface area contributed by atoms with Crippen LogP contribution in [0, 0.1) is 11.7 Å². The topological polar surface area (TPSA) is 63.7 Å². The first-order valence-corrected chi connectivity index (χ1v) is 10.3. The maximum absolute atomic E-state index is 13.2. The van der Waals surface area contributed by atoms with Crippen molar-refractivity contribution in [2.24, 2.45) is 5.92 Å². The van der Waals surface area contributed by atoms with Crippen molar-refractivity contribution in [3.8, 4) is 0 Å². The Balaban J connectivity index is 1.64. The summed E-state index contributed by atoms with van der Waals surface area (Å²) in [6, 6.07) is 11.7. The molecule has 0 N–H and O–H groups in total. The smallest absolute Gasteiger partial charge is 0.310 e. The third-order valence-corrected chi connectivity index (χ3v) is 6.57. The summed E-state index contributed by atoms with van der Waals surface area (Å²) in [7, 11) is -3.70. The molecule has 0 aliphatic carbocycles. The predicted molar refractivity (Wildman–Crippen MR) is 99.1 cm³/mol. The lowest BCUT2D eigenvalue weighted by Crippen LogP contribution is -2.42. The summed E-state index contributed by atoms with van der Waals surface area (Å²) in [5, 5.41) is 0.450. The van der Waals surface area contributed by atoms with Gasteiger partial charge in [0.05, 0.1) is 10.8 Å². The average molecular weight is 412 g/mol. The molecule has 144 valence electrons. The lowest BCUT2D eigenvalue weighted by atomic mass is 10.00. The summed E-state index contributed by atoms with van der Waals surface area (Å²) in [6.07, 6.45) is 1.11. The number of rotatable bonds is 5. The van der Waals surface area contributed by atoms with Gasteiger partial charge in [0.2, 0.25) is 10.0 Å². The van der Waals surface area contributed by atoms with Crippen LogP contribution in [0.1, 0.15) is 18.4 Å². The number of carbonyl (C=O) groups is 1. The molecule has 2 aromatic carbocycles. The Bertz CT molecular complexity index is 918. The van der Waals surface area contributed by atoms with Crippen LogP contribution in [0.15, 0.2) is 53.4 Å². The molecule has 27 heavy (non-hydrogen) atoms. The molecule has 0 spiro atoms. The van der Waals surface area contributed by atoms with Crippen molar-refractivity contribution in [1.82, 2.24) is 4.31 Å². The molecule has 5 nitrogen and oxygen atoms in total. The molecule has 0 amide bonds. The SMILES string of the molecule is O=C(OCc1cccc(F)c1)C1CCCN(S(=O)(=O)c2ccc(Cl)cc2)C1. The van der Waals surface area contributed by atoms with Gasteiger partial charge in [0.1, 0.15) is 12.4 Å². The molecule has 1 heterocycles. The lowest BCUT2D eigenvalue weighted by molar-refractivity contribution is -0.151. The monoisotopic (exact) mass is 411 g/mol. The van der Waals surface area contributed by atoms with E-state index in [2.05, 4.69) is 0 Å². The third-order valence-electron chi connectivity index (χ3n) is 4.44. The summed E-state index contributed by atoms with van der Waals surface area (Å²) in [5.74, 6) is -1.42. The second-order valence-corrected chi connectivity index (χ2v) is 8.77. The van der Waals surface area contributed by atoms with Crippen molar-refractivity contribution < 1.29 is 22.3 Å². The van der Waals surface area contributed by atoms with Crippen LogP contribution in [-0.4, -0.2) is 31.8 Å². The van der Waals surface area contributed by atoms with Crippen molar-refractivity contribution in [3.05, 3.63) is 64.9 Å². The number of hydrogen-bond acceptors (Lipinski definition) is 4. The van der Waals surface area contributed by atoms with E-state index in [-0.39, 0.29) is 18.0 Å². The van der Waals surface area contributed by atoms with Crippen molar-refractivity contribution in [1.29, 1.82) is 0 Å². The van der Waals surface area contributed by atoms with Gasteiger partial charge in [-0.1, -0.05) is 23.7 Å². The van der Waals surface area contributed by atoms with E-state index in [0.717, 1.165) is 0 Å². The first kappa shape index (κ1) is 19.8. The highest BCUT2D eigenvalue weighted by Gasteiger charge is 2.34. The van der Waals surface area contributed by atoms with Gasteiger partial charge in [0, 0.05) is 18.1 Å². The molecule has 1 fully saturated rings. The summed E-state index contributed by atoms with van der Waals surface area (Å²) in [4.78, 5) is 12.5. The van der Waals surface area contributed by atoms with E-state index in [1.807, 2.05) is 0 Å². The van der Waals surface area contributed by atoms with Gasteiger partial charge >= 0.3 is 5.97 Å². The predicted octanol–water partition coefficient (Wildman–Crippen LogP) is 3.62. The number of piperidine rings is 1. The molecule has 0 bridgehead atoms. The van der Waals surface area contributed by atoms with E-state index < -0.39 is 27.7 Å². The van der Waals surface area contributed by atoms with Crippen molar-refractivity contribution in [2.75, 3.05) is 13.1 Å². The van der Waals surface area contributed by atoms with Gasteiger partial charge in [0.25, 0.3) is 0 Å². The van der Waals surface area contributed by atoms with Gasteiger partial charge in [-0.05, 0) is 54.8 Å². The zero-order chi connectivity index (χ0) is 19.4. The van der Waals surface area contributed by atoms with Crippen molar-refractivity contribution in [2.45, 2.75) is 24.3 Å². The lowest BCUT2D eigenvalue weighted by Gasteiger charge is -2.30. The Labute approximate surface area is 162 Å². The maximum Gasteiger partial charge on any atom is 0.310 e. The fourth-order valence-corrected chi connectivity index (χ4v) is 4.66. The highest BCUT2D eigenvalue weighted by atomic mass is 35.5. The van der Waals surface area contributed by atoms with Crippen LogP contribution < -0.4 is 0 Å². The van der Waals surface area contributed by atoms with E-state index in [1.54, 1.807) is 12.1 Å². The van der Waals surface area contributed by atoms with E-state index in [4.69, 9.17) is 16.3 Å². The highest BCUT2D eigenvalue weighted by molar-refractivity contribution is 7.89. The van der Waals surface area contributed by atoms with E-state index in [9.17, 15) is 17.6 Å². The normalized spacial score (nSPS) is 18.2. The summed E-state index contributed by atoms with van der Waals surface area (Å²) < 4.78 is 45.3. The third kappa shape index (κ3) is 4.86. The summed E-state index contributed by atoms with van der Waals surface area (Å²) in [6.45, 7) is 0.364. The molecule has 1 aliphatic rings. The van der Waals surface area contributed by atoms with E-state index in [0.29, 0.717) is 30.0 Å². The van der Waals surface area contributed by atoms with Crippen LogP contribution in [0.5, 0.6) is 0 Å². The number of hydrogen-bond donors (Lipinski definition) is 0. The van der Waals surface area contributed by atoms with Crippen molar-refractivity contribution in [3.63, 3.8) is 0 Å². The fraction of sp³-hybridized carbons (Fsp3) is 0.316. The second kappa shape index (κ2) is 8.37. The molecule has 0 saturated carbocycles. The van der Waals surface area contributed by atoms with Crippen LogP contribution in [0.4, 0.5) is 4.39 Å².